The van der Waals surface area contributed by atoms with Gasteiger partial charge in [-0.3, -0.25) is 4.79 Å². The van der Waals surface area contributed by atoms with Crippen LogP contribution < -0.4 is 5.32 Å². The maximum Gasteiger partial charge on any atom is 0.251 e. The zero-order valence-electron chi connectivity index (χ0n) is 11.9. The Bertz CT molecular complexity index is 452. The molecule has 0 spiro atoms. The van der Waals surface area contributed by atoms with E-state index >= 15 is 0 Å². The van der Waals surface area contributed by atoms with Gasteiger partial charge in [-0.1, -0.05) is 36.2 Å². The fourth-order valence-electron chi connectivity index (χ4n) is 3.15. The van der Waals surface area contributed by atoms with Crippen molar-refractivity contribution in [3.8, 4) is 0 Å². The van der Waals surface area contributed by atoms with Crippen molar-refractivity contribution in [3.05, 3.63) is 33.8 Å². The van der Waals surface area contributed by atoms with Gasteiger partial charge in [0.15, 0.2) is 0 Å². The maximum absolute atomic E-state index is 12.3. The number of carbonyl (C=O) groups excluding carboxylic acids is 1. The lowest BCUT2D eigenvalue weighted by Gasteiger charge is -2.21. The Labute approximate surface area is 124 Å². The first kappa shape index (κ1) is 14.6. The molecule has 3 heteroatoms. The summed E-state index contributed by atoms with van der Waals surface area (Å²) in [5.74, 6) is 1.40. The second kappa shape index (κ2) is 6.08. The molecule has 0 heterocycles. The van der Waals surface area contributed by atoms with Crippen molar-refractivity contribution >= 4 is 21.8 Å². The van der Waals surface area contributed by atoms with E-state index in [4.69, 9.17) is 0 Å². The number of hydrogen-bond donors (Lipinski definition) is 1. The van der Waals surface area contributed by atoms with Crippen molar-refractivity contribution in [2.75, 3.05) is 0 Å². The molecule has 1 saturated carbocycles. The topological polar surface area (TPSA) is 29.1 Å². The van der Waals surface area contributed by atoms with Gasteiger partial charge in [0.25, 0.3) is 5.91 Å². The van der Waals surface area contributed by atoms with Crippen LogP contribution in [-0.4, -0.2) is 11.9 Å². The van der Waals surface area contributed by atoms with Gasteiger partial charge in [-0.15, -0.1) is 0 Å². The fourth-order valence-corrected chi connectivity index (χ4v) is 3.75. The minimum absolute atomic E-state index is 0.0537. The van der Waals surface area contributed by atoms with Crippen molar-refractivity contribution in [3.63, 3.8) is 0 Å². The van der Waals surface area contributed by atoms with Crippen LogP contribution in [-0.2, 0) is 0 Å². The molecule has 3 atom stereocenters. The summed E-state index contributed by atoms with van der Waals surface area (Å²) < 4.78 is 0.962. The second-order valence-electron chi connectivity index (χ2n) is 5.70. The van der Waals surface area contributed by atoms with E-state index in [1.807, 2.05) is 25.1 Å². The zero-order chi connectivity index (χ0) is 14.0. The molecule has 0 saturated heterocycles. The van der Waals surface area contributed by atoms with E-state index in [1.165, 1.54) is 12.8 Å². The Kier molecular flexibility index (Phi) is 4.67. The van der Waals surface area contributed by atoms with E-state index in [2.05, 4.69) is 35.1 Å². The van der Waals surface area contributed by atoms with E-state index in [0.29, 0.717) is 12.0 Å². The predicted molar refractivity (Wildman–Crippen MR) is 82.3 cm³/mol. The van der Waals surface area contributed by atoms with Crippen LogP contribution in [0.4, 0.5) is 0 Å². The number of nitrogens with one attached hydrogen (secondary N) is 1. The fraction of sp³-hybridized carbons (Fsp3) is 0.562. The normalized spacial score (nSPS) is 26.4. The highest BCUT2D eigenvalue weighted by atomic mass is 79.9. The van der Waals surface area contributed by atoms with Crippen molar-refractivity contribution in [1.82, 2.24) is 5.32 Å². The third kappa shape index (κ3) is 3.38. The predicted octanol–water partition coefficient (Wildman–Crippen LogP) is 4.31. The molecular weight excluding hydrogens is 302 g/mol. The van der Waals surface area contributed by atoms with Crippen molar-refractivity contribution in [1.29, 1.82) is 0 Å². The van der Waals surface area contributed by atoms with Gasteiger partial charge >= 0.3 is 0 Å². The van der Waals surface area contributed by atoms with Crippen LogP contribution in [0.25, 0.3) is 0 Å². The molecule has 2 nitrogen and oxygen atoms in total. The minimum atomic E-state index is 0.0537. The lowest BCUT2D eigenvalue weighted by molar-refractivity contribution is 0.0926. The summed E-state index contributed by atoms with van der Waals surface area (Å²) in [5.41, 5.74) is 1.85. The molecule has 1 amide bonds. The highest BCUT2D eigenvalue weighted by Crippen LogP contribution is 2.34. The molecule has 1 fully saturated rings. The molecule has 1 aromatic rings. The van der Waals surface area contributed by atoms with Gasteiger partial charge in [0.05, 0.1) is 0 Å². The first-order valence-electron chi connectivity index (χ1n) is 7.09. The quantitative estimate of drug-likeness (QED) is 0.882. The number of carbonyl (C=O) groups is 1. The number of hydrogen-bond acceptors (Lipinski definition) is 1. The van der Waals surface area contributed by atoms with Gasteiger partial charge < -0.3 is 5.32 Å². The molecule has 1 N–H and O–H groups in total. The lowest BCUT2D eigenvalue weighted by Crippen LogP contribution is -2.37. The number of benzene rings is 1. The summed E-state index contributed by atoms with van der Waals surface area (Å²) in [4.78, 5) is 12.3. The third-order valence-electron chi connectivity index (χ3n) is 4.37. The Hall–Kier alpha value is -0.830. The van der Waals surface area contributed by atoms with Crippen LogP contribution in [0, 0.1) is 18.8 Å². The highest BCUT2D eigenvalue weighted by molar-refractivity contribution is 9.10. The summed E-state index contributed by atoms with van der Waals surface area (Å²) in [6.07, 6.45) is 3.56. The van der Waals surface area contributed by atoms with Gasteiger partial charge in [0.1, 0.15) is 0 Å². The molecule has 1 aliphatic carbocycles. The van der Waals surface area contributed by atoms with E-state index in [9.17, 15) is 4.79 Å². The number of rotatable bonds is 3. The summed E-state index contributed by atoms with van der Waals surface area (Å²) in [5, 5.41) is 3.20. The average Bonchev–Trinajstić information content (AvgIpc) is 2.69. The monoisotopic (exact) mass is 323 g/mol. The van der Waals surface area contributed by atoms with Crippen molar-refractivity contribution in [2.45, 2.75) is 46.1 Å². The van der Waals surface area contributed by atoms with Gasteiger partial charge in [0, 0.05) is 16.1 Å². The molecule has 1 aliphatic rings. The van der Waals surface area contributed by atoms with Crippen molar-refractivity contribution < 1.29 is 4.79 Å². The average molecular weight is 324 g/mol. The molecule has 1 aromatic carbocycles. The molecule has 19 heavy (non-hydrogen) atoms. The summed E-state index contributed by atoms with van der Waals surface area (Å²) in [7, 11) is 0. The van der Waals surface area contributed by atoms with Gasteiger partial charge in [-0.25, -0.2) is 0 Å². The smallest absolute Gasteiger partial charge is 0.251 e. The first-order chi connectivity index (χ1) is 9.01. The molecule has 0 bridgehead atoms. The Morgan fingerprint density at radius 3 is 2.68 bits per heavy atom. The van der Waals surface area contributed by atoms with Crippen LogP contribution >= 0.6 is 15.9 Å². The summed E-state index contributed by atoms with van der Waals surface area (Å²) in [6, 6.07) is 6.18. The number of aryl methyl sites for hydroxylation is 1. The van der Waals surface area contributed by atoms with E-state index in [-0.39, 0.29) is 5.91 Å². The summed E-state index contributed by atoms with van der Waals surface area (Å²) >= 11 is 3.45. The van der Waals surface area contributed by atoms with Gasteiger partial charge in [0.2, 0.25) is 0 Å². The molecular formula is C16H22BrNO. The second-order valence-corrected chi connectivity index (χ2v) is 6.62. The van der Waals surface area contributed by atoms with E-state index < -0.39 is 0 Å². The lowest BCUT2D eigenvalue weighted by atomic mass is 9.93. The first-order valence-corrected chi connectivity index (χ1v) is 7.88. The Morgan fingerprint density at radius 2 is 2.11 bits per heavy atom. The standard InChI is InChI=1S/C16H22BrNO/c1-4-12-5-6-15(11(12)3)18-16(19)13-7-10(2)8-14(17)9-13/h7-9,11-12,15H,4-6H2,1-3H3,(H,18,19). The summed E-state index contributed by atoms with van der Waals surface area (Å²) in [6.45, 7) is 6.51. The number of halogens is 1. The molecule has 2 rings (SSSR count). The molecule has 0 aliphatic heterocycles. The highest BCUT2D eigenvalue weighted by Gasteiger charge is 2.32. The van der Waals surface area contributed by atoms with E-state index in [0.717, 1.165) is 27.9 Å². The van der Waals surface area contributed by atoms with Crippen LogP contribution in [0.3, 0.4) is 0 Å². The minimum Gasteiger partial charge on any atom is -0.349 e. The Morgan fingerprint density at radius 1 is 1.37 bits per heavy atom. The molecule has 0 aromatic heterocycles. The molecule has 0 radical (unpaired) electrons. The van der Waals surface area contributed by atoms with Gasteiger partial charge in [-0.2, -0.15) is 0 Å². The van der Waals surface area contributed by atoms with Crippen molar-refractivity contribution in [2.24, 2.45) is 11.8 Å². The van der Waals surface area contributed by atoms with Gasteiger partial charge in [-0.05, 0) is 55.4 Å². The van der Waals surface area contributed by atoms with Crippen LogP contribution in [0.5, 0.6) is 0 Å². The van der Waals surface area contributed by atoms with E-state index in [1.54, 1.807) is 0 Å². The Balaban J connectivity index is 2.05. The maximum atomic E-state index is 12.3. The SMILES string of the molecule is CCC1CCC(NC(=O)c2cc(C)cc(Br)c2)C1C. The third-order valence-corrected chi connectivity index (χ3v) is 4.83. The molecule has 3 unspecified atom stereocenters. The van der Waals surface area contributed by atoms with Crippen LogP contribution in [0.15, 0.2) is 22.7 Å². The van der Waals surface area contributed by atoms with Crippen LogP contribution in [0.2, 0.25) is 0 Å². The van der Waals surface area contributed by atoms with Crippen LogP contribution in [0.1, 0.15) is 49.0 Å². The zero-order valence-corrected chi connectivity index (χ0v) is 13.5. The number of amides is 1. The largest absolute Gasteiger partial charge is 0.349 e. The molecule has 104 valence electrons.